The molecule has 0 spiro atoms. The summed E-state index contributed by atoms with van der Waals surface area (Å²) in [5, 5.41) is 0. The molecule has 5 heteroatoms. The van der Waals surface area contributed by atoms with Crippen molar-refractivity contribution in [2.45, 2.75) is 6.42 Å². The van der Waals surface area contributed by atoms with E-state index in [4.69, 9.17) is 10.5 Å². The van der Waals surface area contributed by atoms with Crippen molar-refractivity contribution in [3.8, 4) is 5.75 Å². The number of hydrogen-bond acceptors (Lipinski definition) is 4. The van der Waals surface area contributed by atoms with E-state index < -0.39 is 0 Å². The van der Waals surface area contributed by atoms with Gasteiger partial charge in [-0.3, -0.25) is 4.79 Å². The third-order valence-corrected chi connectivity index (χ3v) is 4.39. The van der Waals surface area contributed by atoms with Crippen LogP contribution < -0.4 is 15.4 Å². The van der Waals surface area contributed by atoms with Crippen LogP contribution in [0.1, 0.15) is 5.56 Å². The lowest BCUT2D eigenvalue weighted by Crippen LogP contribution is -2.49. The Hall–Kier alpha value is -2.69. The van der Waals surface area contributed by atoms with E-state index in [9.17, 15) is 4.79 Å². The number of nitrogens with two attached hydrogens (primary N) is 1. The minimum atomic E-state index is 0.166. The molecule has 2 aromatic carbocycles. The minimum absolute atomic E-state index is 0.166. The second kappa shape index (κ2) is 7.25. The molecule has 1 aliphatic heterocycles. The number of methoxy groups -OCH3 is 1. The van der Waals surface area contributed by atoms with Crippen LogP contribution in [0.3, 0.4) is 0 Å². The predicted octanol–water partition coefficient (Wildman–Crippen LogP) is 2.17. The summed E-state index contributed by atoms with van der Waals surface area (Å²) in [6.45, 7) is 3.08. The first-order valence-corrected chi connectivity index (χ1v) is 8.17. The summed E-state index contributed by atoms with van der Waals surface area (Å²) < 4.78 is 5.43. The Balaban J connectivity index is 1.58. The second-order valence-corrected chi connectivity index (χ2v) is 5.96. The number of carbonyl (C=O) groups is 1. The number of para-hydroxylation sites is 2. The number of ether oxygens (including phenoxy) is 1. The van der Waals surface area contributed by atoms with E-state index in [1.807, 2.05) is 47.4 Å². The highest BCUT2D eigenvalue weighted by molar-refractivity contribution is 5.79. The molecule has 24 heavy (non-hydrogen) atoms. The smallest absolute Gasteiger partial charge is 0.227 e. The molecule has 1 saturated heterocycles. The zero-order valence-corrected chi connectivity index (χ0v) is 13.9. The second-order valence-electron chi connectivity index (χ2n) is 5.96. The topological polar surface area (TPSA) is 58.8 Å². The number of rotatable bonds is 4. The van der Waals surface area contributed by atoms with Crippen LogP contribution >= 0.6 is 0 Å². The van der Waals surface area contributed by atoms with Gasteiger partial charge in [0.05, 0.1) is 19.2 Å². The van der Waals surface area contributed by atoms with Gasteiger partial charge in [0, 0.05) is 31.9 Å². The molecular formula is C19H23N3O2. The van der Waals surface area contributed by atoms with Crippen molar-refractivity contribution in [2.24, 2.45) is 0 Å². The van der Waals surface area contributed by atoms with Gasteiger partial charge in [0.1, 0.15) is 5.75 Å². The van der Waals surface area contributed by atoms with Gasteiger partial charge in [0.25, 0.3) is 0 Å². The number of nitrogens with zero attached hydrogens (tertiary/aromatic N) is 2. The van der Waals surface area contributed by atoms with Gasteiger partial charge >= 0.3 is 0 Å². The van der Waals surface area contributed by atoms with E-state index in [2.05, 4.69) is 11.0 Å². The largest absolute Gasteiger partial charge is 0.495 e. The fourth-order valence-electron chi connectivity index (χ4n) is 3.01. The normalized spacial score (nSPS) is 14.5. The Labute approximate surface area is 142 Å². The van der Waals surface area contributed by atoms with Crippen molar-refractivity contribution in [3.05, 3.63) is 54.1 Å². The molecule has 1 amide bonds. The average molecular weight is 325 g/mol. The van der Waals surface area contributed by atoms with Crippen LogP contribution in [-0.4, -0.2) is 44.1 Å². The summed E-state index contributed by atoms with van der Waals surface area (Å²) in [6, 6.07) is 15.5. The first-order valence-electron chi connectivity index (χ1n) is 8.17. The maximum atomic E-state index is 12.5. The van der Waals surface area contributed by atoms with Crippen LogP contribution in [-0.2, 0) is 11.2 Å². The van der Waals surface area contributed by atoms with E-state index in [0.29, 0.717) is 6.42 Å². The lowest BCUT2D eigenvalue weighted by molar-refractivity contribution is -0.130. The zero-order chi connectivity index (χ0) is 16.9. The van der Waals surface area contributed by atoms with Crippen LogP contribution in [0.25, 0.3) is 0 Å². The van der Waals surface area contributed by atoms with E-state index in [1.54, 1.807) is 7.11 Å². The average Bonchev–Trinajstić information content (AvgIpc) is 2.63. The van der Waals surface area contributed by atoms with Gasteiger partial charge in [-0.25, -0.2) is 0 Å². The molecule has 0 bridgehead atoms. The van der Waals surface area contributed by atoms with Gasteiger partial charge in [-0.05, 0) is 29.8 Å². The van der Waals surface area contributed by atoms with Crippen molar-refractivity contribution >= 4 is 17.3 Å². The fraction of sp³-hybridized carbons (Fsp3) is 0.316. The lowest BCUT2D eigenvalue weighted by Gasteiger charge is -2.36. The molecule has 1 aliphatic rings. The van der Waals surface area contributed by atoms with Crippen molar-refractivity contribution in [3.63, 3.8) is 0 Å². The Bertz CT molecular complexity index is 692. The Kier molecular flexibility index (Phi) is 4.89. The molecule has 126 valence electrons. The predicted molar refractivity (Wildman–Crippen MR) is 96.3 cm³/mol. The summed E-state index contributed by atoms with van der Waals surface area (Å²) in [5.41, 5.74) is 8.49. The van der Waals surface area contributed by atoms with Crippen LogP contribution in [0, 0.1) is 0 Å². The molecule has 0 unspecified atom stereocenters. The SMILES string of the molecule is COc1ccccc1N1CCN(C(=O)Cc2ccc(N)cc2)CC1. The molecule has 2 N–H and O–H groups in total. The molecule has 0 radical (unpaired) electrons. The summed E-state index contributed by atoms with van der Waals surface area (Å²) in [5.74, 6) is 1.04. The number of benzene rings is 2. The standard InChI is InChI=1S/C19H23N3O2/c1-24-18-5-3-2-4-17(18)21-10-12-22(13-11-21)19(23)14-15-6-8-16(20)9-7-15/h2-9H,10-14,20H2,1H3. The summed E-state index contributed by atoms with van der Waals surface area (Å²) in [4.78, 5) is 16.7. The molecule has 1 fully saturated rings. The first kappa shape index (κ1) is 16.2. The van der Waals surface area contributed by atoms with Gasteiger partial charge in [0.2, 0.25) is 5.91 Å². The minimum Gasteiger partial charge on any atom is -0.495 e. The summed E-state index contributed by atoms with van der Waals surface area (Å²) in [6.07, 6.45) is 0.426. The third-order valence-electron chi connectivity index (χ3n) is 4.39. The summed E-state index contributed by atoms with van der Waals surface area (Å²) in [7, 11) is 1.69. The highest BCUT2D eigenvalue weighted by Gasteiger charge is 2.22. The summed E-state index contributed by atoms with van der Waals surface area (Å²) >= 11 is 0. The van der Waals surface area contributed by atoms with Gasteiger partial charge in [0.15, 0.2) is 0 Å². The van der Waals surface area contributed by atoms with Crippen molar-refractivity contribution < 1.29 is 9.53 Å². The van der Waals surface area contributed by atoms with Crippen LogP contribution in [0.15, 0.2) is 48.5 Å². The number of carbonyl (C=O) groups excluding carboxylic acids is 1. The van der Waals surface area contributed by atoms with E-state index in [1.165, 1.54) is 0 Å². The number of nitrogen functional groups attached to an aromatic ring is 1. The van der Waals surface area contributed by atoms with Crippen molar-refractivity contribution in [2.75, 3.05) is 43.9 Å². The third kappa shape index (κ3) is 3.62. The van der Waals surface area contributed by atoms with Gasteiger partial charge in [-0.1, -0.05) is 24.3 Å². The molecule has 2 aromatic rings. The maximum Gasteiger partial charge on any atom is 0.227 e. The zero-order valence-electron chi connectivity index (χ0n) is 13.9. The highest BCUT2D eigenvalue weighted by Crippen LogP contribution is 2.28. The van der Waals surface area contributed by atoms with Crippen molar-refractivity contribution in [1.82, 2.24) is 4.90 Å². The number of piperazine rings is 1. The van der Waals surface area contributed by atoms with Gasteiger partial charge in [-0.15, -0.1) is 0 Å². The molecule has 3 rings (SSSR count). The van der Waals surface area contributed by atoms with Crippen LogP contribution in [0.2, 0.25) is 0 Å². The maximum absolute atomic E-state index is 12.5. The van der Waals surface area contributed by atoms with Crippen LogP contribution in [0.4, 0.5) is 11.4 Å². The van der Waals surface area contributed by atoms with Crippen molar-refractivity contribution in [1.29, 1.82) is 0 Å². The first-order chi connectivity index (χ1) is 11.7. The van der Waals surface area contributed by atoms with Gasteiger partial charge < -0.3 is 20.3 Å². The molecule has 0 aliphatic carbocycles. The highest BCUT2D eigenvalue weighted by atomic mass is 16.5. The van der Waals surface area contributed by atoms with E-state index in [0.717, 1.165) is 48.9 Å². The Morgan fingerprint density at radius 1 is 1.04 bits per heavy atom. The lowest BCUT2D eigenvalue weighted by atomic mass is 10.1. The van der Waals surface area contributed by atoms with E-state index >= 15 is 0 Å². The number of amides is 1. The molecular weight excluding hydrogens is 302 g/mol. The van der Waals surface area contributed by atoms with Gasteiger partial charge in [-0.2, -0.15) is 0 Å². The Morgan fingerprint density at radius 2 is 1.71 bits per heavy atom. The quantitative estimate of drug-likeness (QED) is 0.875. The molecule has 1 heterocycles. The molecule has 0 saturated carbocycles. The number of anilines is 2. The molecule has 5 nitrogen and oxygen atoms in total. The van der Waals surface area contributed by atoms with E-state index in [-0.39, 0.29) is 5.91 Å². The Morgan fingerprint density at radius 3 is 2.38 bits per heavy atom. The molecule has 0 aromatic heterocycles. The van der Waals surface area contributed by atoms with Crippen LogP contribution in [0.5, 0.6) is 5.75 Å². The molecule has 0 atom stereocenters. The number of hydrogen-bond donors (Lipinski definition) is 1. The fourth-order valence-corrected chi connectivity index (χ4v) is 3.01. The monoisotopic (exact) mass is 325 g/mol.